The highest BCUT2D eigenvalue weighted by Crippen LogP contribution is 2.34. The van der Waals surface area contributed by atoms with Crippen LogP contribution in [0, 0.1) is 12.7 Å². The number of hydrogen-bond acceptors (Lipinski definition) is 3. The maximum atomic E-state index is 13.3. The molecule has 1 aliphatic rings. The third-order valence-corrected chi connectivity index (χ3v) is 5.03. The molecule has 0 aliphatic heterocycles. The Hall–Kier alpha value is -1.26. The van der Waals surface area contributed by atoms with Crippen molar-refractivity contribution in [3.05, 3.63) is 50.7 Å². The summed E-state index contributed by atoms with van der Waals surface area (Å²) in [5.74, 6) is -0.178. The largest absolute Gasteiger partial charge is 0.305 e. The summed E-state index contributed by atoms with van der Waals surface area (Å²) in [7, 11) is 0. The number of thiazole rings is 1. The van der Waals surface area contributed by atoms with Crippen LogP contribution in [0.15, 0.2) is 18.2 Å². The Labute approximate surface area is 123 Å². The van der Waals surface area contributed by atoms with Gasteiger partial charge in [-0.15, -0.1) is 11.3 Å². The lowest BCUT2D eigenvalue weighted by Crippen LogP contribution is -2.22. The predicted octanol–water partition coefficient (Wildman–Crippen LogP) is 3.78. The number of hydrogen-bond donors (Lipinski definition) is 1. The molecule has 4 heteroatoms. The molecule has 0 spiro atoms. The van der Waals surface area contributed by atoms with Crippen molar-refractivity contribution in [2.24, 2.45) is 0 Å². The SMILES string of the molecule is CCNC(c1nc2c(s1)CCC2)c1ccc(F)cc1C. The Morgan fingerprint density at radius 2 is 2.25 bits per heavy atom. The number of fused-ring (bicyclic) bond motifs is 1. The average Bonchev–Trinajstić information content (AvgIpc) is 2.97. The Balaban J connectivity index is 1.99. The van der Waals surface area contributed by atoms with Crippen LogP contribution in [0.25, 0.3) is 0 Å². The molecule has 0 saturated carbocycles. The third-order valence-electron chi connectivity index (χ3n) is 3.81. The summed E-state index contributed by atoms with van der Waals surface area (Å²) in [5.41, 5.74) is 3.37. The van der Waals surface area contributed by atoms with Gasteiger partial charge in [-0.25, -0.2) is 9.37 Å². The van der Waals surface area contributed by atoms with Crippen LogP contribution in [-0.4, -0.2) is 11.5 Å². The van der Waals surface area contributed by atoms with Crippen molar-refractivity contribution >= 4 is 11.3 Å². The molecule has 106 valence electrons. The molecule has 2 nitrogen and oxygen atoms in total. The van der Waals surface area contributed by atoms with Gasteiger partial charge in [-0.05, 0) is 56.0 Å². The summed E-state index contributed by atoms with van der Waals surface area (Å²) in [6.07, 6.45) is 3.50. The van der Waals surface area contributed by atoms with Crippen molar-refractivity contribution in [3.8, 4) is 0 Å². The second-order valence-electron chi connectivity index (χ2n) is 5.27. The second kappa shape index (κ2) is 5.62. The zero-order valence-electron chi connectivity index (χ0n) is 11.9. The topological polar surface area (TPSA) is 24.9 Å². The summed E-state index contributed by atoms with van der Waals surface area (Å²) in [5, 5.41) is 4.61. The van der Waals surface area contributed by atoms with E-state index in [2.05, 4.69) is 12.2 Å². The van der Waals surface area contributed by atoms with Crippen LogP contribution < -0.4 is 5.32 Å². The number of aryl methyl sites for hydroxylation is 3. The predicted molar refractivity (Wildman–Crippen MR) is 80.8 cm³/mol. The monoisotopic (exact) mass is 290 g/mol. The minimum absolute atomic E-state index is 0.0798. The van der Waals surface area contributed by atoms with Crippen molar-refractivity contribution in [2.45, 2.75) is 39.2 Å². The van der Waals surface area contributed by atoms with Gasteiger partial charge in [0.05, 0.1) is 11.7 Å². The van der Waals surface area contributed by atoms with Gasteiger partial charge < -0.3 is 5.32 Å². The van der Waals surface area contributed by atoms with Crippen molar-refractivity contribution in [1.82, 2.24) is 10.3 Å². The van der Waals surface area contributed by atoms with Gasteiger partial charge in [0.1, 0.15) is 10.8 Å². The molecule has 3 rings (SSSR count). The number of aromatic nitrogens is 1. The highest BCUT2D eigenvalue weighted by molar-refractivity contribution is 7.11. The molecule has 2 aromatic rings. The van der Waals surface area contributed by atoms with Gasteiger partial charge in [-0.2, -0.15) is 0 Å². The summed E-state index contributed by atoms with van der Waals surface area (Å²) in [6.45, 7) is 4.92. The normalized spacial score (nSPS) is 15.3. The first-order chi connectivity index (χ1) is 9.69. The Kier molecular flexibility index (Phi) is 3.85. The van der Waals surface area contributed by atoms with E-state index in [4.69, 9.17) is 4.98 Å². The zero-order valence-corrected chi connectivity index (χ0v) is 12.7. The van der Waals surface area contributed by atoms with E-state index in [0.29, 0.717) is 0 Å². The van der Waals surface area contributed by atoms with Crippen LogP contribution >= 0.6 is 11.3 Å². The van der Waals surface area contributed by atoms with Crippen LogP contribution in [0.4, 0.5) is 4.39 Å². The molecule has 0 fully saturated rings. The van der Waals surface area contributed by atoms with Crippen molar-refractivity contribution < 1.29 is 4.39 Å². The molecule has 1 aromatic heterocycles. The summed E-state index contributed by atoms with van der Waals surface area (Å²) < 4.78 is 13.3. The van der Waals surface area contributed by atoms with Gasteiger partial charge >= 0.3 is 0 Å². The Bertz CT molecular complexity index is 599. The molecule has 0 saturated heterocycles. The van der Waals surface area contributed by atoms with E-state index in [1.54, 1.807) is 6.07 Å². The average molecular weight is 290 g/mol. The van der Waals surface area contributed by atoms with Gasteiger partial charge in [0.2, 0.25) is 0 Å². The molecule has 1 unspecified atom stereocenters. The first kappa shape index (κ1) is 13.7. The molecule has 1 heterocycles. The maximum absolute atomic E-state index is 13.3. The fraction of sp³-hybridized carbons (Fsp3) is 0.438. The lowest BCUT2D eigenvalue weighted by Gasteiger charge is -2.18. The lowest BCUT2D eigenvalue weighted by atomic mass is 10.0. The Morgan fingerprint density at radius 3 is 2.95 bits per heavy atom. The van der Waals surface area contributed by atoms with Crippen LogP contribution in [0.3, 0.4) is 0 Å². The van der Waals surface area contributed by atoms with E-state index in [9.17, 15) is 4.39 Å². The quantitative estimate of drug-likeness (QED) is 0.927. The molecule has 1 N–H and O–H groups in total. The van der Waals surface area contributed by atoms with Gasteiger partial charge in [-0.1, -0.05) is 13.0 Å². The zero-order chi connectivity index (χ0) is 14.1. The number of nitrogens with zero attached hydrogens (tertiary/aromatic N) is 1. The maximum Gasteiger partial charge on any atom is 0.123 e. The number of nitrogens with one attached hydrogen (secondary N) is 1. The molecule has 1 aliphatic carbocycles. The van der Waals surface area contributed by atoms with Crippen molar-refractivity contribution in [3.63, 3.8) is 0 Å². The van der Waals surface area contributed by atoms with Crippen LogP contribution in [0.1, 0.15) is 46.1 Å². The highest BCUT2D eigenvalue weighted by atomic mass is 32.1. The number of benzene rings is 1. The first-order valence-corrected chi connectivity index (χ1v) is 7.98. The minimum Gasteiger partial charge on any atom is -0.305 e. The molecule has 1 aromatic carbocycles. The fourth-order valence-corrected chi connectivity index (χ4v) is 4.08. The fourth-order valence-electron chi connectivity index (χ4n) is 2.83. The van der Waals surface area contributed by atoms with Gasteiger partial charge in [-0.3, -0.25) is 0 Å². The first-order valence-electron chi connectivity index (χ1n) is 7.17. The molecule has 20 heavy (non-hydrogen) atoms. The van der Waals surface area contributed by atoms with E-state index in [1.807, 2.05) is 24.3 Å². The summed E-state index contributed by atoms with van der Waals surface area (Å²) >= 11 is 1.81. The minimum atomic E-state index is -0.178. The van der Waals surface area contributed by atoms with E-state index < -0.39 is 0 Å². The third kappa shape index (κ3) is 2.50. The van der Waals surface area contributed by atoms with E-state index in [1.165, 1.54) is 23.1 Å². The van der Waals surface area contributed by atoms with E-state index in [-0.39, 0.29) is 11.9 Å². The van der Waals surface area contributed by atoms with Gasteiger partial charge in [0, 0.05) is 4.88 Å². The second-order valence-corrected chi connectivity index (χ2v) is 6.38. The molecular weight excluding hydrogens is 271 g/mol. The van der Waals surface area contributed by atoms with Crippen molar-refractivity contribution in [2.75, 3.05) is 6.54 Å². The van der Waals surface area contributed by atoms with E-state index >= 15 is 0 Å². The smallest absolute Gasteiger partial charge is 0.123 e. The van der Waals surface area contributed by atoms with Crippen LogP contribution in [0.5, 0.6) is 0 Å². The van der Waals surface area contributed by atoms with Crippen LogP contribution in [0.2, 0.25) is 0 Å². The molecular formula is C16H19FN2S. The summed E-state index contributed by atoms with van der Waals surface area (Å²) in [4.78, 5) is 6.24. The summed E-state index contributed by atoms with van der Waals surface area (Å²) in [6, 6.07) is 5.09. The Morgan fingerprint density at radius 1 is 1.40 bits per heavy atom. The molecule has 1 atom stereocenters. The lowest BCUT2D eigenvalue weighted by molar-refractivity contribution is 0.607. The van der Waals surface area contributed by atoms with Crippen LogP contribution in [-0.2, 0) is 12.8 Å². The number of halogens is 1. The highest BCUT2D eigenvalue weighted by Gasteiger charge is 2.23. The number of rotatable bonds is 4. The van der Waals surface area contributed by atoms with E-state index in [0.717, 1.165) is 35.5 Å². The van der Waals surface area contributed by atoms with Crippen molar-refractivity contribution in [1.29, 1.82) is 0 Å². The molecule has 0 bridgehead atoms. The van der Waals surface area contributed by atoms with Gasteiger partial charge in [0.15, 0.2) is 0 Å². The standard InChI is InChI=1S/C16H19FN2S/c1-3-18-15(12-8-7-11(17)9-10(12)2)16-19-13-5-4-6-14(13)20-16/h7-9,15,18H,3-6H2,1-2H3. The van der Waals surface area contributed by atoms with Gasteiger partial charge in [0.25, 0.3) is 0 Å². The molecule has 0 amide bonds. The molecule has 0 radical (unpaired) electrons.